The largest absolute Gasteiger partial charge is 0.494 e. The molecule has 0 aliphatic carbocycles. The summed E-state index contributed by atoms with van der Waals surface area (Å²) in [7, 11) is 0. The molecule has 0 unspecified atom stereocenters. The van der Waals surface area contributed by atoms with Crippen LogP contribution in [0, 0.1) is 0 Å². The highest BCUT2D eigenvalue weighted by Gasteiger charge is 2.09. The molecule has 0 aliphatic heterocycles. The van der Waals surface area contributed by atoms with Crippen LogP contribution in [0.3, 0.4) is 0 Å². The Morgan fingerprint density at radius 2 is 1.82 bits per heavy atom. The molecular formula is C17H15N3O2. The number of para-hydroxylation sites is 2. The first kappa shape index (κ1) is 14.0. The molecule has 110 valence electrons. The minimum atomic E-state index is -0.289. The number of carbonyl (C=O) groups excluding carboxylic acids is 1. The van der Waals surface area contributed by atoms with Gasteiger partial charge < -0.3 is 10.1 Å². The van der Waals surface area contributed by atoms with Gasteiger partial charge in [0.25, 0.3) is 5.91 Å². The number of benzene rings is 2. The van der Waals surface area contributed by atoms with Crippen LogP contribution in [0.1, 0.15) is 17.4 Å². The number of anilines is 1. The van der Waals surface area contributed by atoms with Crippen molar-refractivity contribution in [1.82, 2.24) is 9.97 Å². The van der Waals surface area contributed by atoms with E-state index in [4.69, 9.17) is 4.74 Å². The highest BCUT2D eigenvalue weighted by atomic mass is 16.5. The van der Waals surface area contributed by atoms with Crippen LogP contribution < -0.4 is 10.1 Å². The van der Waals surface area contributed by atoms with Crippen molar-refractivity contribution in [3.05, 3.63) is 60.4 Å². The van der Waals surface area contributed by atoms with E-state index in [2.05, 4.69) is 15.3 Å². The topological polar surface area (TPSA) is 64.1 Å². The Balaban J connectivity index is 1.77. The van der Waals surface area contributed by atoms with Crippen molar-refractivity contribution in [3.8, 4) is 5.75 Å². The van der Waals surface area contributed by atoms with E-state index in [1.807, 2.05) is 43.3 Å². The van der Waals surface area contributed by atoms with Crippen molar-refractivity contribution in [2.45, 2.75) is 6.92 Å². The fourth-order valence-electron chi connectivity index (χ4n) is 2.06. The first-order chi connectivity index (χ1) is 10.8. The average molecular weight is 293 g/mol. The molecule has 22 heavy (non-hydrogen) atoms. The highest BCUT2D eigenvalue weighted by molar-refractivity contribution is 6.03. The second kappa shape index (κ2) is 6.22. The van der Waals surface area contributed by atoms with Crippen LogP contribution in [0.25, 0.3) is 11.0 Å². The lowest BCUT2D eigenvalue weighted by Gasteiger charge is -2.07. The summed E-state index contributed by atoms with van der Waals surface area (Å²) in [6.45, 7) is 2.53. The van der Waals surface area contributed by atoms with E-state index in [0.717, 1.165) is 11.3 Å². The summed E-state index contributed by atoms with van der Waals surface area (Å²) >= 11 is 0. The summed E-state index contributed by atoms with van der Waals surface area (Å²) < 4.78 is 5.36. The zero-order valence-corrected chi connectivity index (χ0v) is 12.1. The third-order valence-corrected chi connectivity index (χ3v) is 3.10. The first-order valence-electron chi connectivity index (χ1n) is 7.02. The van der Waals surface area contributed by atoms with Gasteiger partial charge in [0.15, 0.2) is 0 Å². The Morgan fingerprint density at radius 3 is 2.55 bits per heavy atom. The van der Waals surface area contributed by atoms with Gasteiger partial charge in [-0.3, -0.25) is 9.78 Å². The van der Waals surface area contributed by atoms with E-state index < -0.39 is 0 Å². The first-order valence-corrected chi connectivity index (χ1v) is 7.02. The molecule has 0 fully saturated rings. The number of nitrogens with one attached hydrogen (secondary N) is 1. The highest BCUT2D eigenvalue weighted by Crippen LogP contribution is 2.16. The fourth-order valence-corrected chi connectivity index (χ4v) is 2.06. The zero-order chi connectivity index (χ0) is 15.4. The lowest BCUT2D eigenvalue weighted by Crippen LogP contribution is -2.14. The smallest absolute Gasteiger partial charge is 0.275 e. The van der Waals surface area contributed by atoms with Crippen LogP contribution in [0.2, 0.25) is 0 Å². The van der Waals surface area contributed by atoms with E-state index in [1.54, 1.807) is 12.1 Å². The number of ether oxygens (including phenoxy) is 1. The van der Waals surface area contributed by atoms with Gasteiger partial charge in [-0.2, -0.15) is 0 Å². The molecule has 1 heterocycles. The number of amides is 1. The summed E-state index contributed by atoms with van der Waals surface area (Å²) in [5.41, 5.74) is 2.43. The van der Waals surface area contributed by atoms with Crippen molar-refractivity contribution < 1.29 is 9.53 Å². The lowest BCUT2D eigenvalue weighted by molar-refractivity contribution is 0.102. The number of hydrogen-bond donors (Lipinski definition) is 1. The summed E-state index contributed by atoms with van der Waals surface area (Å²) in [6, 6.07) is 14.6. The molecule has 0 atom stereocenters. The van der Waals surface area contributed by atoms with Crippen molar-refractivity contribution in [3.63, 3.8) is 0 Å². The van der Waals surface area contributed by atoms with Gasteiger partial charge in [-0.15, -0.1) is 0 Å². The second-order valence-electron chi connectivity index (χ2n) is 4.66. The third kappa shape index (κ3) is 3.03. The molecule has 0 bridgehead atoms. The number of aromatic nitrogens is 2. The number of hydrogen-bond acceptors (Lipinski definition) is 4. The van der Waals surface area contributed by atoms with Crippen LogP contribution in [-0.2, 0) is 0 Å². The molecule has 1 aromatic heterocycles. The molecule has 3 rings (SSSR count). The fraction of sp³-hybridized carbons (Fsp3) is 0.118. The van der Waals surface area contributed by atoms with Crippen molar-refractivity contribution in [2.75, 3.05) is 11.9 Å². The van der Waals surface area contributed by atoms with Gasteiger partial charge in [-0.25, -0.2) is 4.98 Å². The standard InChI is InChI=1S/C17H15N3O2/c1-2-22-13-9-7-12(8-10-13)19-17(21)16-11-18-14-5-3-4-6-15(14)20-16/h3-11H,2H2,1H3,(H,19,21). The van der Waals surface area contributed by atoms with Crippen LogP contribution in [0.4, 0.5) is 5.69 Å². The predicted octanol–water partition coefficient (Wildman–Crippen LogP) is 3.28. The molecule has 2 aromatic carbocycles. The van der Waals surface area contributed by atoms with Gasteiger partial charge >= 0.3 is 0 Å². The van der Waals surface area contributed by atoms with Gasteiger partial charge in [0.1, 0.15) is 11.4 Å². The molecule has 0 saturated heterocycles. The maximum Gasteiger partial charge on any atom is 0.275 e. The number of carbonyl (C=O) groups is 1. The normalized spacial score (nSPS) is 10.4. The van der Waals surface area contributed by atoms with Crippen LogP contribution in [0.15, 0.2) is 54.7 Å². The molecular weight excluding hydrogens is 278 g/mol. The lowest BCUT2D eigenvalue weighted by atomic mass is 10.2. The molecule has 0 spiro atoms. The van der Waals surface area contributed by atoms with Gasteiger partial charge in [0.2, 0.25) is 0 Å². The van der Waals surface area contributed by atoms with Gasteiger partial charge in [0, 0.05) is 5.69 Å². The van der Waals surface area contributed by atoms with Gasteiger partial charge in [-0.1, -0.05) is 12.1 Å². The average Bonchev–Trinajstić information content (AvgIpc) is 2.56. The Morgan fingerprint density at radius 1 is 1.09 bits per heavy atom. The summed E-state index contributed by atoms with van der Waals surface area (Å²) in [4.78, 5) is 20.8. The third-order valence-electron chi connectivity index (χ3n) is 3.10. The second-order valence-corrected chi connectivity index (χ2v) is 4.66. The summed E-state index contributed by atoms with van der Waals surface area (Å²) in [6.07, 6.45) is 1.48. The quantitative estimate of drug-likeness (QED) is 0.801. The number of nitrogens with zero attached hydrogens (tertiary/aromatic N) is 2. The molecule has 3 aromatic rings. The maximum atomic E-state index is 12.2. The van der Waals surface area contributed by atoms with E-state index in [1.165, 1.54) is 6.20 Å². The number of fused-ring (bicyclic) bond motifs is 1. The van der Waals surface area contributed by atoms with Gasteiger partial charge in [-0.05, 0) is 43.3 Å². The minimum Gasteiger partial charge on any atom is -0.494 e. The van der Waals surface area contributed by atoms with E-state index in [9.17, 15) is 4.79 Å². The summed E-state index contributed by atoms with van der Waals surface area (Å²) in [5, 5.41) is 2.80. The van der Waals surface area contributed by atoms with Gasteiger partial charge in [0.05, 0.1) is 23.8 Å². The van der Waals surface area contributed by atoms with Crippen LogP contribution >= 0.6 is 0 Å². The molecule has 1 amide bonds. The Labute approximate surface area is 128 Å². The molecule has 0 aliphatic rings. The Bertz CT molecular complexity index is 800. The molecule has 1 N–H and O–H groups in total. The monoisotopic (exact) mass is 293 g/mol. The number of rotatable bonds is 4. The predicted molar refractivity (Wildman–Crippen MR) is 85.1 cm³/mol. The van der Waals surface area contributed by atoms with Crippen molar-refractivity contribution in [1.29, 1.82) is 0 Å². The van der Waals surface area contributed by atoms with E-state index in [0.29, 0.717) is 17.8 Å². The minimum absolute atomic E-state index is 0.285. The van der Waals surface area contributed by atoms with Crippen molar-refractivity contribution >= 4 is 22.6 Å². The van der Waals surface area contributed by atoms with Crippen LogP contribution in [0.5, 0.6) is 5.75 Å². The molecule has 5 heteroatoms. The molecule has 0 saturated carbocycles. The summed E-state index contributed by atoms with van der Waals surface area (Å²) in [5.74, 6) is 0.480. The SMILES string of the molecule is CCOc1ccc(NC(=O)c2cnc3ccccc3n2)cc1. The molecule has 0 radical (unpaired) electrons. The van der Waals surface area contributed by atoms with E-state index in [-0.39, 0.29) is 11.6 Å². The van der Waals surface area contributed by atoms with Crippen molar-refractivity contribution in [2.24, 2.45) is 0 Å². The Hall–Kier alpha value is -2.95. The van der Waals surface area contributed by atoms with E-state index >= 15 is 0 Å². The maximum absolute atomic E-state index is 12.2. The molecule has 5 nitrogen and oxygen atoms in total. The zero-order valence-electron chi connectivity index (χ0n) is 12.1. The Kier molecular flexibility index (Phi) is 3.96. The van der Waals surface area contributed by atoms with Crippen LogP contribution in [-0.4, -0.2) is 22.5 Å².